The molecule has 9 nitrogen and oxygen atoms in total. The number of aromatic nitrogens is 2. The summed E-state index contributed by atoms with van der Waals surface area (Å²) < 4.78 is 10.9. The molecule has 2 aromatic heterocycles. The van der Waals surface area contributed by atoms with Crippen molar-refractivity contribution in [3.8, 4) is 5.75 Å². The number of aryl methyl sites for hydroxylation is 1. The Bertz CT molecular complexity index is 1330. The number of pyridine rings is 1. The Kier molecular flexibility index (Phi) is 7.98. The van der Waals surface area contributed by atoms with Crippen molar-refractivity contribution in [2.24, 2.45) is 0 Å². The molecule has 0 aliphatic carbocycles. The van der Waals surface area contributed by atoms with Crippen LogP contribution < -0.4 is 9.64 Å². The molecule has 0 bridgehead atoms. The molecule has 192 valence electrons. The summed E-state index contributed by atoms with van der Waals surface area (Å²) >= 11 is 0.964. The molecule has 1 aliphatic rings. The Morgan fingerprint density at radius 2 is 1.81 bits per heavy atom. The van der Waals surface area contributed by atoms with Gasteiger partial charge in [0.05, 0.1) is 30.5 Å². The number of carbonyl (C=O) groups excluding carboxylic acids is 3. The van der Waals surface area contributed by atoms with Crippen LogP contribution in [0.1, 0.15) is 59.2 Å². The number of anilines is 1. The monoisotopic (exact) mass is 521 g/mol. The maximum Gasteiger partial charge on any atom is 0.350 e. The van der Waals surface area contributed by atoms with Crippen molar-refractivity contribution in [2.75, 3.05) is 18.1 Å². The molecular formula is C27H27N3O6S. The van der Waals surface area contributed by atoms with Gasteiger partial charge in [-0.3, -0.25) is 19.5 Å². The number of nitrogens with zero attached hydrogens (tertiary/aromatic N) is 3. The van der Waals surface area contributed by atoms with Gasteiger partial charge in [-0.25, -0.2) is 9.78 Å². The van der Waals surface area contributed by atoms with E-state index in [4.69, 9.17) is 9.47 Å². The van der Waals surface area contributed by atoms with Crippen molar-refractivity contribution in [1.29, 1.82) is 0 Å². The lowest BCUT2D eigenvalue weighted by atomic mass is 9.95. The topological polar surface area (TPSA) is 119 Å². The number of aliphatic hydroxyl groups excluding tert-OH is 1. The molecule has 1 amide bonds. The van der Waals surface area contributed by atoms with E-state index >= 15 is 0 Å². The third-order valence-corrected chi connectivity index (χ3v) is 6.95. The number of hydrogen-bond donors (Lipinski definition) is 1. The number of ether oxygens (including phenoxy) is 2. The Balaban J connectivity index is 1.82. The first kappa shape index (κ1) is 26.0. The van der Waals surface area contributed by atoms with Crippen LogP contribution in [0.15, 0.2) is 54.4 Å². The first-order valence-electron chi connectivity index (χ1n) is 12.0. The number of unbranched alkanes of at least 4 members (excludes halogenated alkanes) is 1. The van der Waals surface area contributed by atoms with E-state index in [0.29, 0.717) is 29.2 Å². The maximum absolute atomic E-state index is 13.3. The molecule has 1 saturated heterocycles. The molecule has 3 aromatic rings. The third-order valence-electron chi connectivity index (χ3n) is 5.81. The van der Waals surface area contributed by atoms with E-state index in [1.807, 2.05) is 0 Å². The van der Waals surface area contributed by atoms with E-state index in [-0.39, 0.29) is 27.9 Å². The largest absolute Gasteiger partial charge is 0.507 e. The number of benzene rings is 1. The molecule has 1 fully saturated rings. The van der Waals surface area contributed by atoms with E-state index in [9.17, 15) is 19.5 Å². The highest BCUT2D eigenvalue weighted by atomic mass is 32.1. The van der Waals surface area contributed by atoms with Crippen LogP contribution >= 0.6 is 11.3 Å². The zero-order chi connectivity index (χ0) is 26.5. The van der Waals surface area contributed by atoms with Gasteiger partial charge in [0.2, 0.25) is 0 Å². The minimum Gasteiger partial charge on any atom is -0.507 e. The van der Waals surface area contributed by atoms with Crippen molar-refractivity contribution in [3.63, 3.8) is 0 Å². The van der Waals surface area contributed by atoms with Gasteiger partial charge < -0.3 is 14.6 Å². The van der Waals surface area contributed by atoms with Crippen LogP contribution in [0.2, 0.25) is 0 Å². The van der Waals surface area contributed by atoms with Crippen LogP contribution in [0.5, 0.6) is 5.75 Å². The van der Waals surface area contributed by atoms with Crippen LogP contribution in [0.25, 0.3) is 5.76 Å². The lowest BCUT2D eigenvalue weighted by Gasteiger charge is -2.23. The molecule has 1 N–H and O–H groups in total. The second-order valence-corrected chi connectivity index (χ2v) is 9.29. The number of Topliss-reactive ketones (excluding diaryl/α,β-unsaturated/α-hetero) is 1. The fourth-order valence-corrected chi connectivity index (χ4v) is 4.95. The molecule has 1 unspecified atom stereocenters. The van der Waals surface area contributed by atoms with Crippen molar-refractivity contribution >= 4 is 39.9 Å². The number of hydrogen-bond acceptors (Lipinski definition) is 9. The Hall–Kier alpha value is -4.05. The fourth-order valence-electron chi connectivity index (χ4n) is 3.96. The van der Waals surface area contributed by atoms with Crippen molar-refractivity contribution in [1.82, 2.24) is 9.97 Å². The minimum atomic E-state index is -0.974. The highest BCUT2D eigenvalue weighted by Crippen LogP contribution is 2.44. The Morgan fingerprint density at radius 1 is 1.11 bits per heavy atom. The lowest BCUT2D eigenvalue weighted by Crippen LogP contribution is -2.29. The van der Waals surface area contributed by atoms with E-state index in [0.717, 1.165) is 24.2 Å². The van der Waals surface area contributed by atoms with Gasteiger partial charge in [-0.15, -0.1) is 0 Å². The average molecular weight is 522 g/mol. The summed E-state index contributed by atoms with van der Waals surface area (Å²) in [5.74, 6) is -1.93. The zero-order valence-electron chi connectivity index (χ0n) is 20.8. The zero-order valence-corrected chi connectivity index (χ0v) is 21.6. The van der Waals surface area contributed by atoms with Crippen LogP contribution in [0, 0.1) is 6.92 Å². The SMILES string of the molecule is CCCCOc1ccc(C2C(=C(O)c3ccncc3)C(=O)C(=O)N2c2nc(C)c(C(=O)OCC)s2)cc1. The molecule has 10 heteroatoms. The summed E-state index contributed by atoms with van der Waals surface area (Å²) in [4.78, 5) is 48.9. The molecule has 4 rings (SSSR count). The predicted octanol–water partition coefficient (Wildman–Crippen LogP) is 4.83. The minimum absolute atomic E-state index is 0.0820. The molecule has 1 atom stereocenters. The number of rotatable bonds is 9. The van der Waals surface area contributed by atoms with E-state index < -0.39 is 23.7 Å². The number of amides is 1. The predicted molar refractivity (Wildman–Crippen MR) is 139 cm³/mol. The van der Waals surface area contributed by atoms with E-state index in [2.05, 4.69) is 16.9 Å². The van der Waals surface area contributed by atoms with Crippen molar-refractivity contribution < 1.29 is 29.0 Å². The lowest BCUT2D eigenvalue weighted by molar-refractivity contribution is -0.132. The number of ketones is 1. The number of thiazole rings is 1. The second kappa shape index (κ2) is 11.3. The van der Waals surface area contributed by atoms with Gasteiger partial charge in [-0.2, -0.15) is 0 Å². The smallest absolute Gasteiger partial charge is 0.350 e. The quantitative estimate of drug-likeness (QED) is 0.140. The Morgan fingerprint density at radius 3 is 2.46 bits per heavy atom. The summed E-state index contributed by atoms with van der Waals surface area (Å²) in [7, 11) is 0. The maximum atomic E-state index is 13.3. The molecule has 37 heavy (non-hydrogen) atoms. The summed E-state index contributed by atoms with van der Waals surface area (Å²) in [5.41, 5.74) is 1.22. The van der Waals surface area contributed by atoms with Gasteiger partial charge in [0.25, 0.3) is 5.78 Å². The van der Waals surface area contributed by atoms with E-state index in [1.54, 1.807) is 50.2 Å². The normalized spacial score (nSPS) is 16.7. The van der Waals surface area contributed by atoms with Crippen LogP contribution in [-0.2, 0) is 14.3 Å². The van der Waals surface area contributed by atoms with Crippen LogP contribution in [0.4, 0.5) is 5.13 Å². The Labute approximate surface area is 218 Å². The molecule has 1 aliphatic heterocycles. The molecule has 0 saturated carbocycles. The molecule has 0 radical (unpaired) electrons. The molecule has 1 aromatic carbocycles. The van der Waals surface area contributed by atoms with Gasteiger partial charge in [0.1, 0.15) is 16.4 Å². The fraction of sp³-hybridized carbons (Fsp3) is 0.296. The van der Waals surface area contributed by atoms with Gasteiger partial charge in [-0.1, -0.05) is 36.8 Å². The summed E-state index contributed by atoms with van der Waals surface area (Å²) in [6.45, 7) is 6.17. The van der Waals surface area contributed by atoms with E-state index in [1.165, 1.54) is 17.3 Å². The average Bonchev–Trinajstić information content (AvgIpc) is 3.41. The first-order chi connectivity index (χ1) is 17.9. The number of carbonyl (C=O) groups is 3. The van der Waals surface area contributed by atoms with Gasteiger partial charge >= 0.3 is 11.9 Å². The van der Waals surface area contributed by atoms with Gasteiger partial charge in [0, 0.05) is 18.0 Å². The van der Waals surface area contributed by atoms with Crippen LogP contribution in [0.3, 0.4) is 0 Å². The highest BCUT2D eigenvalue weighted by Gasteiger charge is 2.48. The standard InChI is InChI=1S/C27H27N3O6S/c1-4-6-15-36-19-9-7-17(8-10-19)21-20(22(31)18-11-13-28-14-12-18)23(32)25(33)30(21)27-29-16(3)24(37-27)26(34)35-5-2/h7-14,21,31H,4-6,15H2,1-3H3. The summed E-state index contributed by atoms with van der Waals surface area (Å²) in [5, 5.41) is 11.3. The molecular weight excluding hydrogens is 494 g/mol. The number of aliphatic hydroxyl groups is 1. The highest BCUT2D eigenvalue weighted by molar-refractivity contribution is 7.17. The summed E-state index contributed by atoms with van der Waals surface area (Å²) in [6, 6.07) is 9.14. The number of esters is 1. The molecule has 3 heterocycles. The second-order valence-electron chi connectivity index (χ2n) is 8.31. The molecule has 0 spiro atoms. The van der Waals surface area contributed by atoms with Gasteiger partial charge in [0.15, 0.2) is 5.13 Å². The van der Waals surface area contributed by atoms with Crippen molar-refractivity contribution in [3.05, 3.63) is 76.1 Å². The van der Waals surface area contributed by atoms with Gasteiger partial charge in [-0.05, 0) is 50.1 Å². The first-order valence-corrected chi connectivity index (χ1v) is 12.8. The van der Waals surface area contributed by atoms with Crippen molar-refractivity contribution in [2.45, 2.75) is 39.7 Å². The third kappa shape index (κ3) is 5.24. The van der Waals surface area contributed by atoms with Crippen LogP contribution in [-0.4, -0.2) is 45.9 Å². The summed E-state index contributed by atoms with van der Waals surface area (Å²) in [6.07, 6.45) is 4.89.